The summed E-state index contributed by atoms with van der Waals surface area (Å²) in [7, 11) is 1.85. The number of thiazole rings is 1. The maximum atomic E-state index is 5.75. The van der Waals surface area contributed by atoms with Crippen molar-refractivity contribution < 1.29 is 4.74 Å². The first-order valence-electron chi connectivity index (χ1n) is 7.94. The number of aromatic nitrogens is 1. The van der Waals surface area contributed by atoms with E-state index in [2.05, 4.69) is 47.1 Å². The van der Waals surface area contributed by atoms with E-state index >= 15 is 0 Å². The van der Waals surface area contributed by atoms with Crippen LogP contribution >= 0.6 is 11.3 Å². The summed E-state index contributed by atoms with van der Waals surface area (Å²) >= 11 is 1.77. The SMILES string of the molecule is CO[C@@H]1CCN(Cc2scnc2C)C[C@@H]1Cc1ccccc1. The Balaban J connectivity index is 1.66. The fourth-order valence-electron chi connectivity index (χ4n) is 3.33. The summed E-state index contributed by atoms with van der Waals surface area (Å²) in [5, 5.41) is 0. The second-order valence-electron chi connectivity index (χ2n) is 6.11. The Hall–Kier alpha value is -1.23. The Bertz CT molecular complexity index is 584. The van der Waals surface area contributed by atoms with E-state index < -0.39 is 0 Å². The van der Waals surface area contributed by atoms with Crippen LogP contribution in [0, 0.1) is 12.8 Å². The normalized spacial score (nSPS) is 22.8. The molecule has 0 saturated carbocycles. The number of likely N-dealkylation sites (tertiary alicyclic amines) is 1. The van der Waals surface area contributed by atoms with Crippen molar-refractivity contribution in [3.8, 4) is 0 Å². The molecule has 1 saturated heterocycles. The number of methoxy groups -OCH3 is 1. The smallest absolute Gasteiger partial charge is 0.0798 e. The summed E-state index contributed by atoms with van der Waals surface area (Å²) in [4.78, 5) is 8.32. The van der Waals surface area contributed by atoms with Gasteiger partial charge in [0.1, 0.15) is 0 Å². The third-order valence-electron chi connectivity index (χ3n) is 4.60. The Kier molecular flexibility index (Phi) is 5.24. The highest BCUT2D eigenvalue weighted by Crippen LogP contribution is 2.26. The van der Waals surface area contributed by atoms with Crippen LogP contribution in [-0.2, 0) is 17.7 Å². The molecule has 3 nitrogen and oxygen atoms in total. The van der Waals surface area contributed by atoms with Gasteiger partial charge in [-0.15, -0.1) is 11.3 Å². The van der Waals surface area contributed by atoms with Crippen LogP contribution in [0.25, 0.3) is 0 Å². The van der Waals surface area contributed by atoms with Crippen LogP contribution < -0.4 is 0 Å². The maximum Gasteiger partial charge on any atom is 0.0798 e. The lowest BCUT2D eigenvalue weighted by atomic mass is 9.88. The van der Waals surface area contributed by atoms with Gasteiger partial charge in [0, 0.05) is 37.5 Å². The minimum absolute atomic E-state index is 0.374. The monoisotopic (exact) mass is 316 g/mol. The Morgan fingerprint density at radius 1 is 1.32 bits per heavy atom. The van der Waals surface area contributed by atoms with Crippen LogP contribution in [0.5, 0.6) is 0 Å². The van der Waals surface area contributed by atoms with Crippen molar-refractivity contribution in [3.05, 3.63) is 52.0 Å². The van der Waals surface area contributed by atoms with Gasteiger partial charge in [-0.1, -0.05) is 30.3 Å². The summed E-state index contributed by atoms with van der Waals surface area (Å²) in [6.07, 6.45) is 2.59. The first kappa shape index (κ1) is 15.7. The van der Waals surface area contributed by atoms with Crippen LogP contribution in [0.1, 0.15) is 22.6 Å². The molecule has 0 spiro atoms. The lowest BCUT2D eigenvalue weighted by Crippen LogP contribution is -2.44. The average molecular weight is 316 g/mol. The lowest BCUT2D eigenvalue weighted by Gasteiger charge is -2.38. The number of rotatable bonds is 5. The second kappa shape index (κ2) is 7.36. The van der Waals surface area contributed by atoms with E-state index in [1.807, 2.05) is 12.6 Å². The van der Waals surface area contributed by atoms with Crippen molar-refractivity contribution in [1.82, 2.24) is 9.88 Å². The molecule has 1 aliphatic rings. The molecule has 0 bridgehead atoms. The van der Waals surface area contributed by atoms with Gasteiger partial charge in [0.15, 0.2) is 0 Å². The molecule has 2 atom stereocenters. The fraction of sp³-hybridized carbons (Fsp3) is 0.500. The Labute approximate surface area is 137 Å². The summed E-state index contributed by atoms with van der Waals surface area (Å²) in [5.74, 6) is 0.564. The largest absolute Gasteiger partial charge is 0.381 e. The molecule has 1 aromatic heterocycles. The highest BCUT2D eigenvalue weighted by atomic mass is 32.1. The Morgan fingerprint density at radius 2 is 2.14 bits per heavy atom. The molecule has 0 amide bonds. The van der Waals surface area contributed by atoms with E-state index in [-0.39, 0.29) is 0 Å². The van der Waals surface area contributed by atoms with Crippen molar-refractivity contribution in [3.63, 3.8) is 0 Å². The van der Waals surface area contributed by atoms with Gasteiger partial charge in [0.25, 0.3) is 0 Å². The molecule has 22 heavy (non-hydrogen) atoms. The molecular weight excluding hydrogens is 292 g/mol. The van der Waals surface area contributed by atoms with Gasteiger partial charge in [-0.2, -0.15) is 0 Å². The average Bonchev–Trinajstić information content (AvgIpc) is 2.94. The fourth-order valence-corrected chi connectivity index (χ4v) is 4.15. The quantitative estimate of drug-likeness (QED) is 0.844. The van der Waals surface area contributed by atoms with E-state index in [0.29, 0.717) is 12.0 Å². The zero-order valence-corrected chi connectivity index (χ0v) is 14.2. The highest BCUT2D eigenvalue weighted by Gasteiger charge is 2.29. The third kappa shape index (κ3) is 3.75. The molecular formula is C18H24N2OS. The van der Waals surface area contributed by atoms with Crippen molar-refractivity contribution in [1.29, 1.82) is 0 Å². The van der Waals surface area contributed by atoms with Gasteiger partial charge in [-0.25, -0.2) is 4.98 Å². The number of nitrogens with zero attached hydrogens (tertiary/aromatic N) is 2. The Morgan fingerprint density at radius 3 is 2.82 bits per heavy atom. The number of ether oxygens (including phenoxy) is 1. The minimum atomic E-state index is 0.374. The number of hydrogen-bond acceptors (Lipinski definition) is 4. The second-order valence-corrected chi connectivity index (χ2v) is 7.05. The van der Waals surface area contributed by atoms with Crippen molar-refractivity contribution >= 4 is 11.3 Å². The molecule has 0 unspecified atom stereocenters. The van der Waals surface area contributed by atoms with E-state index in [1.54, 1.807) is 11.3 Å². The predicted octanol–water partition coefficient (Wildman–Crippen LogP) is 3.53. The van der Waals surface area contributed by atoms with Gasteiger partial charge in [-0.05, 0) is 25.3 Å². The van der Waals surface area contributed by atoms with Gasteiger partial charge >= 0.3 is 0 Å². The zero-order chi connectivity index (χ0) is 15.4. The van der Waals surface area contributed by atoms with Crippen LogP contribution in [-0.4, -0.2) is 36.2 Å². The van der Waals surface area contributed by atoms with Gasteiger partial charge in [0.2, 0.25) is 0 Å². The molecule has 118 valence electrons. The van der Waals surface area contributed by atoms with E-state index in [4.69, 9.17) is 4.74 Å². The molecule has 2 aromatic rings. The van der Waals surface area contributed by atoms with Crippen LogP contribution in [0.3, 0.4) is 0 Å². The summed E-state index contributed by atoms with van der Waals surface area (Å²) in [6, 6.07) is 10.8. The molecule has 1 aliphatic heterocycles. The highest BCUT2D eigenvalue weighted by molar-refractivity contribution is 7.09. The molecule has 2 heterocycles. The zero-order valence-electron chi connectivity index (χ0n) is 13.4. The standard InChI is InChI=1S/C18H24N2OS/c1-14-18(22-13-19-14)12-20-9-8-17(21-2)16(11-20)10-15-6-4-3-5-7-15/h3-7,13,16-17H,8-12H2,1-2H3/t16-,17+/m0/s1. The van der Waals surface area contributed by atoms with Crippen LogP contribution in [0.15, 0.2) is 35.8 Å². The van der Waals surface area contributed by atoms with E-state index in [0.717, 1.165) is 32.5 Å². The van der Waals surface area contributed by atoms with Gasteiger partial charge in [0.05, 0.1) is 17.3 Å². The molecule has 0 N–H and O–H groups in total. The van der Waals surface area contributed by atoms with Gasteiger partial charge < -0.3 is 4.74 Å². The first-order valence-corrected chi connectivity index (χ1v) is 8.82. The molecule has 0 aliphatic carbocycles. The summed E-state index contributed by atoms with van der Waals surface area (Å²) < 4.78 is 5.75. The molecule has 1 aromatic carbocycles. The number of piperidine rings is 1. The predicted molar refractivity (Wildman–Crippen MR) is 91.2 cm³/mol. The maximum absolute atomic E-state index is 5.75. The number of benzene rings is 1. The third-order valence-corrected chi connectivity index (χ3v) is 5.52. The molecule has 4 heteroatoms. The summed E-state index contributed by atoms with van der Waals surface area (Å²) in [6.45, 7) is 5.35. The molecule has 1 fully saturated rings. The lowest BCUT2D eigenvalue weighted by molar-refractivity contribution is -0.00828. The van der Waals surface area contributed by atoms with Crippen LogP contribution in [0.4, 0.5) is 0 Å². The van der Waals surface area contributed by atoms with Crippen LogP contribution in [0.2, 0.25) is 0 Å². The molecule has 3 rings (SSSR count). The molecule has 0 radical (unpaired) electrons. The topological polar surface area (TPSA) is 25.4 Å². The number of aryl methyl sites for hydroxylation is 1. The van der Waals surface area contributed by atoms with Crippen molar-refractivity contribution in [2.75, 3.05) is 20.2 Å². The van der Waals surface area contributed by atoms with Crippen molar-refractivity contribution in [2.45, 2.75) is 32.4 Å². The van der Waals surface area contributed by atoms with Gasteiger partial charge in [-0.3, -0.25) is 4.90 Å². The van der Waals surface area contributed by atoms with E-state index in [9.17, 15) is 0 Å². The first-order chi connectivity index (χ1) is 10.8. The van der Waals surface area contributed by atoms with E-state index in [1.165, 1.54) is 16.1 Å². The minimum Gasteiger partial charge on any atom is -0.381 e. The number of hydrogen-bond donors (Lipinski definition) is 0. The van der Waals surface area contributed by atoms with Crippen molar-refractivity contribution in [2.24, 2.45) is 5.92 Å². The summed E-state index contributed by atoms with van der Waals surface area (Å²) in [5.41, 5.74) is 4.54.